The van der Waals surface area contributed by atoms with Crippen molar-refractivity contribution in [3.8, 4) is 0 Å². The molecule has 2 aromatic rings. The number of benzene rings is 1. The van der Waals surface area contributed by atoms with Crippen LogP contribution in [0.4, 0.5) is 4.39 Å². The van der Waals surface area contributed by atoms with E-state index in [4.69, 9.17) is 0 Å². The summed E-state index contributed by atoms with van der Waals surface area (Å²) in [5, 5.41) is 3.45. The molecule has 0 spiro atoms. The van der Waals surface area contributed by atoms with Gasteiger partial charge in [-0.25, -0.2) is 4.39 Å². The van der Waals surface area contributed by atoms with Crippen molar-refractivity contribution in [2.45, 2.75) is 19.5 Å². The Kier molecular flexibility index (Phi) is 4.37. The van der Waals surface area contributed by atoms with Crippen molar-refractivity contribution in [2.75, 3.05) is 14.1 Å². The van der Waals surface area contributed by atoms with Crippen LogP contribution in [0.5, 0.6) is 0 Å². The zero-order valence-corrected chi connectivity index (χ0v) is 12.2. The van der Waals surface area contributed by atoms with E-state index in [1.54, 1.807) is 24.0 Å². The van der Waals surface area contributed by atoms with E-state index in [2.05, 4.69) is 10.3 Å². The minimum Gasteiger partial charge on any atom is -0.350 e. The van der Waals surface area contributed by atoms with Crippen LogP contribution in [0.3, 0.4) is 0 Å². The van der Waals surface area contributed by atoms with Crippen LogP contribution in [0.2, 0.25) is 0 Å². The molecule has 1 heterocycles. The van der Waals surface area contributed by atoms with Gasteiger partial charge in [-0.05, 0) is 50.7 Å². The Bertz CT molecular complexity index is 724. The fourth-order valence-electron chi connectivity index (χ4n) is 1.91. The van der Waals surface area contributed by atoms with E-state index in [9.17, 15) is 14.0 Å². The summed E-state index contributed by atoms with van der Waals surface area (Å²) in [5.41, 5.74) is 0.552. The van der Waals surface area contributed by atoms with Crippen molar-refractivity contribution in [1.82, 2.24) is 15.2 Å². The summed E-state index contributed by atoms with van der Waals surface area (Å²) in [7, 11) is 3.61. The fraction of sp³-hybridized carbons (Fsp3) is 0.333. The molecule has 0 radical (unpaired) electrons. The molecule has 0 saturated heterocycles. The molecule has 1 aromatic carbocycles. The number of likely N-dealkylation sites (N-methyl/N-ethyl adjacent to an activating group) is 1. The Morgan fingerprint density at radius 1 is 1.38 bits per heavy atom. The number of pyridine rings is 1. The van der Waals surface area contributed by atoms with Crippen molar-refractivity contribution in [3.05, 3.63) is 46.0 Å². The lowest BCUT2D eigenvalue weighted by Gasteiger charge is -2.18. The molecule has 21 heavy (non-hydrogen) atoms. The highest BCUT2D eigenvalue weighted by Gasteiger charge is 2.14. The Labute approximate surface area is 121 Å². The Balaban J connectivity index is 2.19. The fourth-order valence-corrected chi connectivity index (χ4v) is 1.91. The second kappa shape index (κ2) is 6.05. The van der Waals surface area contributed by atoms with Gasteiger partial charge in [0, 0.05) is 12.1 Å². The zero-order chi connectivity index (χ0) is 15.6. The number of H-pyrrole nitrogens is 1. The highest BCUT2D eigenvalue weighted by molar-refractivity contribution is 5.82. The van der Waals surface area contributed by atoms with Gasteiger partial charge in [0.2, 0.25) is 5.91 Å². The molecule has 5 nitrogen and oxygen atoms in total. The third-order valence-electron chi connectivity index (χ3n) is 3.49. The molecule has 1 aromatic heterocycles. The van der Waals surface area contributed by atoms with Gasteiger partial charge in [-0.1, -0.05) is 0 Å². The van der Waals surface area contributed by atoms with Crippen molar-refractivity contribution in [2.24, 2.45) is 0 Å². The highest BCUT2D eigenvalue weighted by Crippen LogP contribution is 2.12. The van der Waals surface area contributed by atoms with Crippen LogP contribution in [-0.2, 0) is 11.3 Å². The number of nitrogens with one attached hydrogen (secondary N) is 2. The number of halogens is 1. The molecule has 6 heteroatoms. The van der Waals surface area contributed by atoms with E-state index in [0.717, 1.165) is 5.39 Å². The second-order valence-corrected chi connectivity index (χ2v) is 5.21. The van der Waals surface area contributed by atoms with Crippen LogP contribution >= 0.6 is 0 Å². The number of fused-ring (bicyclic) bond motifs is 1. The number of amides is 1. The topological polar surface area (TPSA) is 65.2 Å². The highest BCUT2D eigenvalue weighted by atomic mass is 19.1. The number of nitrogens with zero attached hydrogens (tertiary/aromatic N) is 1. The molecular formula is C15H18FN3O2. The maximum atomic E-state index is 13.1. The molecule has 0 aliphatic carbocycles. The number of aromatic nitrogens is 1. The van der Waals surface area contributed by atoms with E-state index < -0.39 is 5.82 Å². The molecule has 0 unspecified atom stereocenters. The molecule has 0 aliphatic heterocycles. The number of carbonyl (C=O) groups is 1. The van der Waals surface area contributed by atoms with Crippen molar-refractivity contribution in [1.29, 1.82) is 0 Å². The molecule has 0 fully saturated rings. The molecule has 1 atom stereocenters. The molecule has 2 rings (SSSR count). The van der Waals surface area contributed by atoms with Crippen LogP contribution in [-0.4, -0.2) is 35.9 Å². The number of hydrogen-bond donors (Lipinski definition) is 2. The SMILES string of the molecule is C[C@H](C(=O)NCc1cc2ccc(F)cc2[nH]c1=O)N(C)C. The maximum absolute atomic E-state index is 13.1. The van der Waals surface area contributed by atoms with Crippen LogP contribution in [0.1, 0.15) is 12.5 Å². The van der Waals surface area contributed by atoms with Crippen LogP contribution < -0.4 is 10.9 Å². The van der Waals surface area contributed by atoms with Gasteiger partial charge in [0.1, 0.15) is 5.82 Å². The van der Waals surface area contributed by atoms with Gasteiger partial charge in [0.25, 0.3) is 5.56 Å². The molecule has 1 amide bonds. The number of hydrogen-bond acceptors (Lipinski definition) is 3. The second-order valence-electron chi connectivity index (χ2n) is 5.21. The van der Waals surface area contributed by atoms with Crippen molar-refractivity contribution >= 4 is 16.8 Å². The van der Waals surface area contributed by atoms with E-state index >= 15 is 0 Å². The Morgan fingerprint density at radius 2 is 2.10 bits per heavy atom. The number of carbonyl (C=O) groups excluding carboxylic acids is 1. The first-order valence-corrected chi connectivity index (χ1v) is 6.64. The van der Waals surface area contributed by atoms with E-state index in [0.29, 0.717) is 11.1 Å². The van der Waals surface area contributed by atoms with Gasteiger partial charge in [0.15, 0.2) is 0 Å². The molecule has 0 saturated carbocycles. The smallest absolute Gasteiger partial charge is 0.253 e. The maximum Gasteiger partial charge on any atom is 0.253 e. The standard InChI is InChI=1S/C15H18FN3O2/c1-9(19(2)3)14(20)17-8-11-6-10-4-5-12(16)7-13(10)18-15(11)21/h4-7,9H,8H2,1-3H3,(H,17,20)(H,18,21)/t9-/m1/s1. The normalized spacial score (nSPS) is 12.6. The first kappa shape index (κ1) is 15.2. The summed E-state index contributed by atoms with van der Waals surface area (Å²) < 4.78 is 13.1. The summed E-state index contributed by atoms with van der Waals surface area (Å²) in [4.78, 5) is 28.2. The lowest BCUT2D eigenvalue weighted by atomic mass is 10.1. The van der Waals surface area contributed by atoms with Crippen molar-refractivity contribution in [3.63, 3.8) is 0 Å². The van der Waals surface area contributed by atoms with Gasteiger partial charge < -0.3 is 10.3 Å². The Hall–Kier alpha value is -2.21. The van der Waals surface area contributed by atoms with Gasteiger partial charge >= 0.3 is 0 Å². The quantitative estimate of drug-likeness (QED) is 0.890. The predicted molar refractivity (Wildman–Crippen MR) is 79.5 cm³/mol. The van der Waals surface area contributed by atoms with Gasteiger partial charge in [-0.2, -0.15) is 0 Å². The number of rotatable bonds is 4. The lowest BCUT2D eigenvalue weighted by molar-refractivity contribution is -0.125. The van der Waals surface area contributed by atoms with Crippen LogP contribution in [0, 0.1) is 5.82 Å². The molecule has 112 valence electrons. The lowest BCUT2D eigenvalue weighted by Crippen LogP contribution is -2.41. The van der Waals surface area contributed by atoms with Gasteiger partial charge in [-0.15, -0.1) is 0 Å². The zero-order valence-electron chi connectivity index (χ0n) is 12.2. The summed E-state index contributed by atoms with van der Waals surface area (Å²) in [6.07, 6.45) is 0. The molecule has 0 aliphatic rings. The summed E-state index contributed by atoms with van der Waals surface area (Å²) in [5.74, 6) is -0.558. The first-order chi connectivity index (χ1) is 9.88. The summed E-state index contributed by atoms with van der Waals surface area (Å²) in [6, 6.07) is 5.58. The van der Waals surface area contributed by atoms with E-state index in [1.807, 2.05) is 14.1 Å². The van der Waals surface area contributed by atoms with Crippen LogP contribution in [0.15, 0.2) is 29.1 Å². The van der Waals surface area contributed by atoms with Gasteiger partial charge in [0.05, 0.1) is 11.6 Å². The molecule has 0 bridgehead atoms. The average Bonchev–Trinajstić information content (AvgIpc) is 2.43. The monoisotopic (exact) mass is 291 g/mol. The van der Waals surface area contributed by atoms with E-state index in [1.165, 1.54) is 12.1 Å². The Morgan fingerprint density at radius 3 is 2.76 bits per heavy atom. The summed E-state index contributed by atoms with van der Waals surface area (Å²) >= 11 is 0. The first-order valence-electron chi connectivity index (χ1n) is 6.64. The van der Waals surface area contributed by atoms with Crippen molar-refractivity contribution < 1.29 is 9.18 Å². The largest absolute Gasteiger partial charge is 0.350 e. The van der Waals surface area contributed by atoms with Gasteiger partial charge in [-0.3, -0.25) is 14.5 Å². The number of aromatic amines is 1. The predicted octanol–water partition coefficient (Wildman–Crippen LogP) is 1.23. The minimum absolute atomic E-state index is 0.139. The molecular weight excluding hydrogens is 273 g/mol. The minimum atomic E-state index is -0.404. The summed E-state index contributed by atoms with van der Waals surface area (Å²) in [6.45, 7) is 1.92. The molecule has 2 N–H and O–H groups in total. The average molecular weight is 291 g/mol. The third kappa shape index (κ3) is 3.46. The third-order valence-corrected chi connectivity index (χ3v) is 3.49. The van der Waals surface area contributed by atoms with Crippen LogP contribution in [0.25, 0.3) is 10.9 Å². The van der Waals surface area contributed by atoms with E-state index in [-0.39, 0.29) is 24.1 Å².